The first kappa shape index (κ1) is 68.0. The molecule has 1 aromatic carbocycles. The first-order valence-corrected chi connectivity index (χ1v) is 28.1. The van der Waals surface area contributed by atoms with E-state index in [9.17, 15) is 57.8 Å². The highest BCUT2D eigenvalue weighted by Crippen LogP contribution is 2.27. The van der Waals surface area contributed by atoms with Gasteiger partial charge in [-0.25, -0.2) is 4.79 Å². The molecule has 80 heavy (non-hydrogen) atoms. The molecule has 0 bridgehead atoms. The van der Waals surface area contributed by atoms with Crippen molar-refractivity contribution in [2.24, 2.45) is 35.3 Å². The average molecular weight is 1130 g/mol. The lowest BCUT2D eigenvalue weighted by Gasteiger charge is -2.35. The van der Waals surface area contributed by atoms with Gasteiger partial charge in [0, 0.05) is 46.6 Å². The minimum atomic E-state index is -1.42. The van der Waals surface area contributed by atoms with Gasteiger partial charge in [0.15, 0.2) is 17.7 Å². The molecule has 2 unspecified atom stereocenters. The smallest absolute Gasteiger partial charge is 0.329 e. The van der Waals surface area contributed by atoms with E-state index in [4.69, 9.17) is 19.9 Å². The summed E-state index contributed by atoms with van der Waals surface area (Å²) < 4.78 is 16.9. The molecule has 3 rings (SSSR count). The van der Waals surface area contributed by atoms with Crippen LogP contribution in [-0.2, 0) is 68.6 Å². The highest BCUT2D eigenvalue weighted by Gasteiger charge is 2.45. The number of nitrogens with zero attached hydrogens (tertiary/aromatic N) is 4. The summed E-state index contributed by atoms with van der Waals surface area (Å²) in [5.41, 5.74) is 6.71. The number of nitrogens with two attached hydrogens (primary N) is 1. The second-order valence-electron chi connectivity index (χ2n) is 23.0. The zero-order valence-electron chi connectivity index (χ0n) is 49.8. The number of nitrogens with one attached hydrogen (secondary N) is 2. The maximum atomic E-state index is 14.8. The molecule has 1 aromatic rings. The molecular weight excluding hydrogens is 1030 g/mol. The van der Waals surface area contributed by atoms with Gasteiger partial charge in [0.1, 0.15) is 48.1 Å². The minimum absolute atomic E-state index is 0.0886. The number of ether oxygens (including phenoxy) is 3. The summed E-state index contributed by atoms with van der Waals surface area (Å²) in [5.74, 6) is -9.70. The van der Waals surface area contributed by atoms with Crippen molar-refractivity contribution in [2.45, 2.75) is 201 Å². The Bertz CT molecular complexity index is 2360. The number of likely N-dealkylation sites (tertiary alicyclic amines) is 2. The van der Waals surface area contributed by atoms with Crippen LogP contribution in [0.15, 0.2) is 24.3 Å². The van der Waals surface area contributed by atoms with E-state index in [1.807, 2.05) is 41.5 Å². The van der Waals surface area contributed by atoms with Crippen LogP contribution in [0.5, 0.6) is 5.75 Å². The Kier molecular flexibility index (Phi) is 26.4. The van der Waals surface area contributed by atoms with E-state index in [0.717, 1.165) is 6.92 Å². The van der Waals surface area contributed by atoms with E-state index in [1.54, 1.807) is 38.1 Å². The summed E-state index contributed by atoms with van der Waals surface area (Å²) in [6, 6.07) is -1.14. The molecule has 2 aliphatic rings. The van der Waals surface area contributed by atoms with Crippen LogP contribution >= 0.6 is 0 Å². The van der Waals surface area contributed by atoms with Crippen molar-refractivity contribution in [3.63, 3.8) is 0 Å². The standard InChI is InChI=1S/C58H91N7O15/c1-16-34(8)48(59)46(68)30-47(69)80-51(33(6)7)50(70)35(9)52(71)60-41(27-31(2)3)55(74)65-26-18-20-43(65)57(76)63(14)45(29-39-21-23-40(78-15)24-22-39)58(77)79-38(12)49(36(10)66)61-53(72)44(28-32(4)5)62(13)56(75)42-19-17-25-64(42)54(73)37(11)67/h21-24,31-35,38,41-46,48-49,51,68H,16-20,25-30,59H2,1-15H3,(H,60,71)(H,61,72)/t34-,35-,38+,41-,42?,43-,44?,45-,46-,48+,49+,51-/m0/s1. The van der Waals surface area contributed by atoms with Gasteiger partial charge in [0.2, 0.25) is 35.3 Å². The van der Waals surface area contributed by atoms with Gasteiger partial charge in [-0.15, -0.1) is 0 Å². The maximum Gasteiger partial charge on any atom is 0.329 e. The van der Waals surface area contributed by atoms with E-state index in [-0.39, 0.29) is 62.9 Å². The summed E-state index contributed by atoms with van der Waals surface area (Å²) in [6.07, 6.45) is -2.14. The van der Waals surface area contributed by atoms with Crippen LogP contribution in [0.25, 0.3) is 0 Å². The molecule has 6 amide bonds. The topological polar surface area (TPSA) is 299 Å². The van der Waals surface area contributed by atoms with Crippen LogP contribution in [0.2, 0.25) is 0 Å². The van der Waals surface area contributed by atoms with Crippen molar-refractivity contribution >= 4 is 64.7 Å². The van der Waals surface area contributed by atoms with Crippen molar-refractivity contribution in [3.8, 4) is 5.75 Å². The number of aliphatic hydroxyl groups is 1. The number of esters is 2. The van der Waals surface area contributed by atoms with Crippen molar-refractivity contribution in [1.29, 1.82) is 0 Å². The molecule has 2 aliphatic heterocycles. The van der Waals surface area contributed by atoms with Gasteiger partial charge in [-0.2, -0.15) is 0 Å². The summed E-state index contributed by atoms with van der Waals surface area (Å²) in [5, 5.41) is 16.0. The molecule has 0 radical (unpaired) electrons. The maximum absolute atomic E-state index is 14.8. The van der Waals surface area contributed by atoms with Gasteiger partial charge in [-0.05, 0) is 101 Å². The molecule has 0 spiro atoms. The average Bonchev–Trinajstić information content (AvgIpc) is 4.11. The number of ketones is 3. The quantitative estimate of drug-likeness (QED) is 0.0489. The largest absolute Gasteiger partial charge is 0.497 e. The third-order valence-corrected chi connectivity index (χ3v) is 15.3. The number of aliphatic hydroxyl groups excluding tert-OH is 1. The van der Waals surface area contributed by atoms with Crippen molar-refractivity contribution in [3.05, 3.63) is 29.8 Å². The molecule has 2 fully saturated rings. The van der Waals surface area contributed by atoms with Gasteiger partial charge in [0.25, 0.3) is 5.91 Å². The Morgan fingerprint density at radius 2 is 1.27 bits per heavy atom. The Morgan fingerprint density at radius 1 is 0.738 bits per heavy atom. The fourth-order valence-electron chi connectivity index (χ4n) is 10.1. The van der Waals surface area contributed by atoms with Gasteiger partial charge >= 0.3 is 11.9 Å². The molecule has 12 atom stereocenters. The fraction of sp³-hybridized carbons (Fsp3) is 0.707. The number of hydrogen-bond donors (Lipinski definition) is 4. The van der Waals surface area contributed by atoms with Crippen molar-refractivity contribution in [2.75, 3.05) is 34.3 Å². The van der Waals surface area contributed by atoms with E-state index in [1.165, 1.54) is 61.6 Å². The number of hydrogen-bond acceptors (Lipinski definition) is 16. The lowest BCUT2D eigenvalue weighted by molar-refractivity contribution is -0.162. The predicted octanol–water partition coefficient (Wildman–Crippen LogP) is 2.94. The number of benzene rings is 1. The number of rotatable bonds is 30. The van der Waals surface area contributed by atoms with Crippen LogP contribution < -0.4 is 21.1 Å². The highest BCUT2D eigenvalue weighted by atomic mass is 16.6. The van der Waals surface area contributed by atoms with Gasteiger partial charge < -0.3 is 55.3 Å². The Morgan fingerprint density at radius 3 is 1.77 bits per heavy atom. The SMILES string of the molecule is CC[C@H](C)[C@@H](N)[C@@H](O)CC(=O)O[C@H](C(=O)[C@H](C)C(=O)N[C@@H](CC(C)C)C(=O)N1CCC[C@H]1C(=O)N(C)[C@@H](Cc1ccc(OC)cc1)C(=O)O[C@H](C)[C@H](NC(=O)C(CC(C)C)N(C)C(=O)C1CCCN1C(=O)C(C)=O)C(C)=O)C(C)C. The van der Waals surface area contributed by atoms with Crippen LogP contribution in [0, 0.1) is 29.6 Å². The minimum Gasteiger partial charge on any atom is -0.497 e. The Labute approximate surface area is 472 Å². The van der Waals surface area contributed by atoms with Gasteiger partial charge in [-0.3, -0.25) is 47.9 Å². The molecule has 0 aliphatic carbocycles. The number of Topliss-reactive ketones (excluding diaryl/α,β-unsaturated/α-hetero) is 3. The number of amides is 6. The molecule has 0 saturated carbocycles. The van der Waals surface area contributed by atoms with Gasteiger partial charge in [-0.1, -0.05) is 73.9 Å². The predicted molar refractivity (Wildman–Crippen MR) is 296 cm³/mol. The van der Waals surface area contributed by atoms with E-state index < -0.39 is 144 Å². The van der Waals surface area contributed by atoms with Gasteiger partial charge in [0.05, 0.1) is 25.6 Å². The lowest BCUT2D eigenvalue weighted by Crippen LogP contribution is -2.59. The molecule has 448 valence electrons. The normalized spacial score (nSPS) is 19.1. The highest BCUT2D eigenvalue weighted by molar-refractivity contribution is 6.35. The van der Waals surface area contributed by atoms with E-state index in [0.29, 0.717) is 30.6 Å². The monoisotopic (exact) mass is 1130 g/mol. The number of carbonyl (C=O) groups excluding carboxylic acids is 11. The summed E-state index contributed by atoms with van der Waals surface area (Å²) >= 11 is 0. The van der Waals surface area contributed by atoms with Crippen LogP contribution in [0.4, 0.5) is 0 Å². The number of carbonyl (C=O) groups is 11. The van der Waals surface area contributed by atoms with Crippen molar-refractivity contribution in [1.82, 2.24) is 30.2 Å². The molecular formula is C58H91N7O15. The second kappa shape index (κ2) is 31.1. The van der Waals surface area contributed by atoms with Crippen LogP contribution in [0.3, 0.4) is 0 Å². The fourth-order valence-corrected chi connectivity index (χ4v) is 10.1. The zero-order valence-corrected chi connectivity index (χ0v) is 49.8. The lowest BCUT2D eigenvalue weighted by atomic mass is 9.92. The zero-order chi connectivity index (χ0) is 60.6. The van der Waals surface area contributed by atoms with Crippen LogP contribution in [-0.4, -0.2) is 184 Å². The number of likely N-dealkylation sites (N-methyl/N-ethyl adjacent to an activating group) is 2. The van der Waals surface area contributed by atoms with E-state index >= 15 is 0 Å². The number of methoxy groups -OCH3 is 1. The molecule has 0 aromatic heterocycles. The third-order valence-electron chi connectivity index (χ3n) is 15.3. The molecule has 5 N–H and O–H groups in total. The summed E-state index contributed by atoms with van der Waals surface area (Å²) in [6.45, 7) is 19.8. The van der Waals surface area contributed by atoms with Crippen molar-refractivity contribution < 1.29 is 72.1 Å². The first-order valence-electron chi connectivity index (χ1n) is 28.1. The molecule has 2 saturated heterocycles. The van der Waals surface area contributed by atoms with E-state index in [2.05, 4.69) is 10.6 Å². The van der Waals surface area contributed by atoms with Crippen LogP contribution in [0.1, 0.15) is 140 Å². The second-order valence-corrected chi connectivity index (χ2v) is 23.0. The molecule has 2 heterocycles. The molecule has 22 nitrogen and oxygen atoms in total. The molecule has 22 heteroatoms. The Balaban J connectivity index is 1.89. The Hall–Kier alpha value is -6.29. The first-order chi connectivity index (χ1) is 37.4. The summed E-state index contributed by atoms with van der Waals surface area (Å²) in [4.78, 5) is 156. The third kappa shape index (κ3) is 18.4. The summed E-state index contributed by atoms with van der Waals surface area (Å²) in [7, 11) is 4.31.